The average molecular weight is 509 g/mol. The van der Waals surface area contributed by atoms with Crippen LogP contribution in [-0.2, 0) is 11.2 Å². The second-order valence-corrected chi connectivity index (χ2v) is 9.03. The molecule has 1 saturated carbocycles. The van der Waals surface area contributed by atoms with Gasteiger partial charge in [-0.2, -0.15) is 0 Å². The Morgan fingerprint density at radius 1 is 1.03 bits per heavy atom. The lowest BCUT2D eigenvalue weighted by Gasteiger charge is -2.24. The Morgan fingerprint density at radius 3 is 2.35 bits per heavy atom. The van der Waals surface area contributed by atoms with Crippen molar-refractivity contribution in [2.45, 2.75) is 44.4 Å². The van der Waals surface area contributed by atoms with Crippen LogP contribution in [0.3, 0.4) is 0 Å². The van der Waals surface area contributed by atoms with Crippen molar-refractivity contribution >= 4 is 35.1 Å². The molecule has 1 aromatic heterocycles. The van der Waals surface area contributed by atoms with Crippen LogP contribution in [0.25, 0.3) is 16.9 Å². The molecular formula is C24H20Cl2F2N2O4. The van der Waals surface area contributed by atoms with Crippen LogP contribution in [0.1, 0.15) is 59.9 Å². The molecule has 1 aliphatic rings. The predicted octanol–water partition coefficient (Wildman–Crippen LogP) is 6.50. The van der Waals surface area contributed by atoms with Gasteiger partial charge in [0.15, 0.2) is 11.5 Å². The van der Waals surface area contributed by atoms with Gasteiger partial charge in [0.1, 0.15) is 11.6 Å². The van der Waals surface area contributed by atoms with Crippen LogP contribution in [0.15, 0.2) is 30.3 Å². The van der Waals surface area contributed by atoms with Crippen LogP contribution in [0.2, 0.25) is 10.0 Å². The summed E-state index contributed by atoms with van der Waals surface area (Å²) in [6, 6.07) is 6.28. The molecule has 1 aliphatic carbocycles. The largest absolute Gasteiger partial charge is 0.481 e. The van der Waals surface area contributed by atoms with Gasteiger partial charge in [0, 0.05) is 11.5 Å². The summed E-state index contributed by atoms with van der Waals surface area (Å²) in [6.07, 6.45) is 3.67. The lowest BCUT2D eigenvalue weighted by molar-refractivity contribution is -0.136. The number of benzene rings is 2. The van der Waals surface area contributed by atoms with Crippen LogP contribution in [-0.4, -0.2) is 31.7 Å². The van der Waals surface area contributed by atoms with Crippen LogP contribution in [0, 0.1) is 11.6 Å². The number of carboxylic acid groups (broad SMARTS) is 2. The van der Waals surface area contributed by atoms with Gasteiger partial charge in [-0.05, 0) is 42.7 Å². The Morgan fingerprint density at radius 2 is 1.74 bits per heavy atom. The van der Waals surface area contributed by atoms with E-state index in [1.165, 1.54) is 28.8 Å². The molecule has 178 valence electrons. The SMILES string of the molecule is O=C(O)Cc1ccc(Cl)c(F)c1-n1c(C2CCCCC2)nc(C(=O)O)c1-c1ccc(F)c(Cl)c1. The van der Waals surface area contributed by atoms with Crippen molar-refractivity contribution in [3.63, 3.8) is 0 Å². The Hall–Kier alpha value is -2.97. The Balaban J connectivity index is 2.12. The highest BCUT2D eigenvalue weighted by molar-refractivity contribution is 6.31. The van der Waals surface area contributed by atoms with Gasteiger partial charge >= 0.3 is 11.9 Å². The molecule has 0 spiro atoms. The standard InChI is InChI=1S/C24H20Cl2F2N2O4/c25-15-8-6-14(11-18(31)32)21(19(15)28)30-22(13-7-9-17(27)16(26)10-13)20(24(33)34)29-23(30)12-4-2-1-3-5-12/h6-10,12H,1-5,11H2,(H,31,32)(H,33,34). The number of carboxylic acids is 2. The van der Waals surface area contributed by atoms with Crippen LogP contribution in [0.5, 0.6) is 0 Å². The van der Waals surface area contributed by atoms with E-state index >= 15 is 4.39 Å². The maximum atomic E-state index is 15.6. The summed E-state index contributed by atoms with van der Waals surface area (Å²) >= 11 is 12.1. The molecule has 0 bridgehead atoms. The molecule has 0 amide bonds. The summed E-state index contributed by atoms with van der Waals surface area (Å²) < 4.78 is 30.8. The molecule has 0 saturated heterocycles. The van der Waals surface area contributed by atoms with E-state index in [4.69, 9.17) is 23.2 Å². The first-order valence-electron chi connectivity index (χ1n) is 10.7. The zero-order chi connectivity index (χ0) is 24.6. The van der Waals surface area contributed by atoms with Crippen molar-refractivity contribution in [3.05, 3.63) is 69.1 Å². The normalized spacial score (nSPS) is 14.4. The lowest BCUT2D eigenvalue weighted by Crippen LogP contribution is -2.16. The average Bonchev–Trinajstić information content (AvgIpc) is 3.19. The number of aromatic carboxylic acids is 1. The topological polar surface area (TPSA) is 92.4 Å². The van der Waals surface area contributed by atoms with Crippen LogP contribution in [0.4, 0.5) is 8.78 Å². The highest BCUT2D eigenvalue weighted by Gasteiger charge is 2.32. The third-order valence-corrected chi connectivity index (χ3v) is 6.57. The summed E-state index contributed by atoms with van der Waals surface area (Å²) in [5, 5.41) is 18.9. The third kappa shape index (κ3) is 4.52. The van der Waals surface area contributed by atoms with Gasteiger partial charge in [-0.1, -0.05) is 48.5 Å². The first-order chi connectivity index (χ1) is 16.2. The summed E-state index contributed by atoms with van der Waals surface area (Å²) in [7, 11) is 0. The molecule has 0 atom stereocenters. The van der Waals surface area contributed by atoms with E-state index in [0.717, 1.165) is 25.3 Å². The minimum atomic E-state index is -1.37. The van der Waals surface area contributed by atoms with Gasteiger partial charge in [-0.15, -0.1) is 0 Å². The number of aromatic nitrogens is 2. The number of imidazole rings is 1. The van der Waals surface area contributed by atoms with Crippen molar-refractivity contribution in [1.29, 1.82) is 0 Å². The summed E-state index contributed by atoms with van der Waals surface area (Å²) in [6.45, 7) is 0. The highest BCUT2D eigenvalue weighted by atomic mass is 35.5. The Kier molecular flexibility index (Phi) is 6.91. The van der Waals surface area contributed by atoms with Crippen molar-refractivity contribution in [3.8, 4) is 16.9 Å². The summed E-state index contributed by atoms with van der Waals surface area (Å²) in [5.74, 6) is -4.07. The Labute approximate surface area is 203 Å². The highest BCUT2D eigenvalue weighted by Crippen LogP contribution is 2.40. The number of nitrogens with zero attached hydrogens (tertiary/aromatic N) is 2. The molecule has 3 aromatic rings. The molecule has 1 heterocycles. The molecule has 10 heteroatoms. The number of hydrogen-bond acceptors (Lipinski definition) is 3. The van der Waals surface area contributed by atoms with Gasteiger partial charge in [-0.3, -0.25) is 9.36 Å². The molecule has 34 heavy (non-hydrogen) atoms. The van der Waals surface area contributed by atoms with Gasteiger partial charge in [0.25, 0.3) is 0 Å². The van der Waals surface area contributed by atoms with Crippen LogP contribution < -0.4 is 0 Å². The second kappa shape index (κ2) is 9.72. The predicted molar refractivity (Wildman–Crippen MR) is 123 cm³/mol. The fourth-order valence-corrected chi connectivity index (χ4v) is 4.82. The third-order valence-electron chi connectivity index (χ3n) is 5.99. The van der Waals surface area contributed by atoms with E-state index in [9.17, 15) is 24.2 Å². The minimum absolute atomic E-state index is 0.0252. The van der Waals surface area contributed by atoms with E-state index < -0.39 is 30.0 Å². The fraction of sp³-hybridized carbons (Fsp3) is 0.292. The van der Waals surface area contributed by atoms with Crippen LogP contribution >= 0.6 is 23.2 Å². The van der Waals surface area contributed by atoms with Crippen molar-refractivity contribution in [2.75, 3.05) is 0 Å². The van der Waals surface area contributed by atoms with Crippen molar-refractivity contribution < 1.29 is 28.6 Å². The van der Waals surface area contributed by atoms with Crippen molar-refractivity contribution in [2.24, 2.45) is 0 Å². The van der Waals surface area contributed by atoms with Gasteiger partial charge in [-0.25, -0.2) is 18.6 Å². The number of aliphatic carboxylic acids is 1. The maximum Gasteiger partial charge on any atom is 0.356 e. The van der Waals surface area contributed by atoms with Crippen molar-refractivity contribution in [1.82, 2.24) is 9.55 Å². The minimum Gasteiger partial charge on any atom is -0.481 e. The lowest BCUT2D eigenvalue weighted by atomic mass is 9.88. The molecule has 1 fully saturated rings. The summed E-state index contributed by atoms with van der Waals surface area (Å²) in [5.41, 5.74) is -0.299. The summed E-state index contributed by atoms with van der Waals surface area (Å²) in [4.78, 5) is 28.2. The smallest absolute Gasteiger partial charge is 0.356 e. The zero-order valence-corrected chi connectivity index (χ0v) is 19.3. The first kappa shape index (κ1) is 24.2. The van der Waals surface area contributed by atoms with E-state index in [-0.39, 0.29) is 44.2 Å². The number of rotatable bonds is 6. The number of hydrogen-bond donors (Lipinski definition) is 2. The van der Waals surface area contributed by atoms with Gasteiger partial charge < -0.3 is 10.2 Å². The van der Waals surface area contributed by atoms with Gasteiger partial charge in [0.05, 0.1) is 27.8 Å². The quantitative estimate of drug-likeness (QED) is 0.396. The van der Waals surface area contributed by atoms with E-state index in [1.54, 1.807) is 0 Å². The monoisotopic (exact) mass is 508 g/mol. The molecule has 6 nitrogen and oxygen atoms in total. The first-order valence-corrected chi connectivity index (χ1v) is 11.4. The number of halogens is 4. The van der Waals surface area contributed by atoms with Gasteiger partial charge in [0.2, 0.25) is 0 Å². The molecule has 2 aromatic carbocycles. The van der Waals surface area contributed by atoms with E-state index in [1.807, 2.05) is 0 Å². The maximum absolute atomic E-state index is 15.6. The molecule has 0 aliphatic heterocycles. The fourth-order valence-electron chi connectivity index (χ4n) is 4.48. The molecular weight excluding hydrogens is 489 g/mol. The van der Waals surface area contributed by atoms with E-state index in [0.29, 0.717) is 18.7 Å². The molecule has 0 unspecified atom stereocenters. The zero-order valence-electron chi connectivity index (χ0n) is 17.8. The number of carbonyl (C=O) groups is 2. The molecule has 4 rings (SSSR count). The molecule has 0 radical (unpaired) electrons. The molecule has 2 N–H and O–H groups in total. The second-order valence-electron chi connectivity index (χ2n) is 8.21. The Bertz CT molecular complexity index is 1290. The van der Waals surface area contributed by atoms with E-state index in [2.05, 4.69) is 4.98 Å².